The number of carbonyl (C=O) groups is 2. The predicted octanol–water partition coefficient (Wildman–Crippen LogP) is 2.41. The van der Waals surface area contributed by atoms with Crippen LogP contribution in [-0.4, -0.2) is 11.8 Å². The number of imide groups is 1. The molecule has 2 aliphatic rings. The first-order valence-electron chi connectivity index (χ1n) is 5.89. The number of anilines is 1. The molecule has 0 saturated heterocycles. The molecule has 0 bridgehead atoms. The lowest BCUT2D eigenvalue weighted by atomic mass is 9.86. The van der Waals surface area contributed by atoms with Crippen molar-refractivity contribution in [1.82, 2.24) is 0 Å². The third-order valence-corrected chi connectivity index (χ3v) is 3.38. The first-order chi connectivity index (χ1) is 8.27. The Morgan fingerprint density at radius 1 is 1.18 bits per heavy atom. The Bertz CT molecular complexity index is 499. The highest BCUT2D eigenvalue weighted by atomic mass is 16.4. The highest BCUT2D eigenvalue weighted by molar-refractivity contribution is 6.23. The fourth-order valence-electron chi connectivity index (χ4n) is 2.55. The monoisotopic (exact) mass is 231 g/mol. The van der Waals surface area contributed by atoms with Gasteiger partial charge in [-0.2, -0.15) is 0 Å². The van der Waals surface area contributed by atoms with Crippen LogP contribution in [0.25, 0.3) is 0 Å². The van der Waals surface area contributed by atoms with Gasteiger partial charge in [0, 0.05) is 18.1 Å². The van der Waals surface area contributed by atoms with Crippen molar-refractivity contribution < 1.29 is 14.0 Å². The largest absolute Gasteiger partial charge is 0.448 e. The van der Waals surface area contributed by atoms with Gasteiger partial charge in [0.15, 0.2) is 0 Å². The van der Waals surface area contributed by atoms with Gasteiger partial charge in [0.25, 0.3) is 5.91 Å². The minimum absolute atomic E-state index is 0.175. The summed E-state index contributed by atoms with van der Waals surface area (Å²) in [5.41, 5.74) is 1.86. The highest BCUT2D eigenvalue weighted by Gasteiger charge is 2.35. The van der Waals surface area contributed by atoms with Crippen LogP contribution >= 0.6 is 0 Å². The number of hydrogen-bond donors (Lipinski definition) is 0. The maximum Gasteiger partial charge on any atom is 0.263 e. The van der Waals surface area contributed by atoms with Crippen molar-refractivity contribution in [2.45, 2.75) is 32.1 Å². The van der Waals surface area contributed by atoms with Gasteiger partial charge in [-0.05, 0) is 31.7 Å². The molecule has 0 spiro atoms. The molecular formula is C13H13NO3. The molecule has 0 N–H and O–H groups in total. The van der Waals surface area contributed by atoms with Crippen LogP contribution in [0.1, 0.15) is 32.1 Å². The summed E-state index contributed by atoms with van der Waals surface area (Å²) in [5.74, 6) is -0.0337. The molecule has 1 aromatic rings. The quantitative estimate of drug-likeness (QED) is 0.697. The lowest BCUT2D eigenvalue weighted by Crippen LogP contribution is -2.42. The summed E-state index contributed by atoms with van der Waals surface area (Å²) < 4.78 is 5.16. The zero-order valence-electron chi connectivity index (χ0n) is 9.44. The van der Waals surface area contributed by atoms with Gasteiger partial charge < -0.3 is 4.42 Å². The van der Waals surface area contributed by atoms with Gasteiger partial charge in [0.1, 0.15) is 0 Å². The second kappa shape index (κ2) is 3.87. The van der Waals surface area contributed by atoms with Crippen molar-refractivity contribution in [2.24, 2.45) is 0 Å². The zero-order chi connectivity index (χ0) is 11.8. The third kappa shape index (κ3) is 1.60. The van der Waals surface area contributed by atoms with E-state index < -0.39 is 0 Å². The molecule has 2 amide bonds. The number of amides is 2. The van der Waals surface area contributed by atoms with Crippen LogP contribution in [0.15, 0.2) is 34.0 Å². The number of hydrogen-bond acceptors (Lipinski definition) is 3. The van der Waals surface area contributed by atoms with Crippen LogP contribution in [-0.2, 0) is 9.59 Å². The van der Waals surface area contributed by atoms with Gasteiger partial charge in [0.05, 0.1) is 6.26 Å². The van der Waals surface area contributed by atoms with Crippen LogP contribution in [0.3, 0.4) is 0 Å². The van der Waals surface area contributed by atoms with E-state index >= 15 is 0 Å². The molecule has 0 fully saturated rings. The van der Waals surface area contributed by atoms with Gasteiger partial charge in [-0.25, -0.2) is 4.90 Å². The van der Waals surface area contributed by atoms with Crippen molar-refractivity contribution in [3.05, 3.63) is 29.5 Å². The van der Waals surface area contributed by atoms with Crippen LogP contribution < -0.4 is 4.90 Å². The molecule has 0 radical (unpaired) electrons. The van der Waals surface area contributed by atoms with Gasteiger partial charge in [-0.1, -0.05) is 5.57 Å². The van der Waals surface area contributed by atoms with Crippen LogP contribution in [0.2, 0.25) is 0 Å². The molecule has 4 nitrogen and oxygen atoms in total. The summed E-state index contributed by atoms with van der Waals surface area (Å²) in [6.45, 7) is 0. The molecule has 3 rings (SSSR count). The van der Waals surface area contributed by atoms with E-state index in [0.29, 0.717) is 12.3 Å². The van der Waals surface area contributed by atoms with E-state index in [0.717, 1.165) is 36.8 Å². The molecule has 0 aromatic carbocycles. The molecule has 17 heavy (non-hydrogen) atoms. The molecule has 1 aliphatic heterocycles. The van der Waals surface area contributed by atoms with E-state index in [-0.39, 0.29) is 11.8 Å². The Morgan fingerprint density at radius 2 is 2.00 bits per heavy atom. The first kappa shape index (κ1) is 10.3. The van der Waals surface area contributed by atoms with Gasteiger partial charge in [-0.15, -0.1) is 0 Å². The van der Waals surface area contributed by atoms with E-state index in [9.17, 15) is 9.59 Å². The molecular weight excluding hydrogens is 218 g/mol. The summed E-state index contributed by atoms with van der Waals surface area (Å²) in [6, 6.07) is 3.32. The van der Waals surface area contributed by atoms with Gasteiger partial charge in [-0.3, -0.25) is 9.59 Å². The maximum absolute atomic E-state index is 12.3. The molecule has 88 valence electrons. The molecule has 0 atom stereocenters. The third-order valence-electron chi connectivity index (χ3n) is 3.38. The van der Waals surface area contributed by atoms with Crippen molar-refractivity contribution in [2.75, 3.05) is 4.90 Å². The zero-order valence-corrected chi connectivity index (χ0v) is 9.44. The van der Waals surface area contributed by atoms with E-state index in [1.54, 1.807) is 12.1 Å². The Labute approximate surface area is 98.9 Å². The first-order valence-corrected chi connectivity index (χ1v) is 5.89. The van der Waals surface area contributed by atoms with Crippen molar-refractivity contribution in [3.8, 4) is 0 Å². The SMILES string of the molecule is O=C1CC2=C(CCCC2)C(=O)N1c1ccco1. The smallest absolute Gasteiger partial charge is 0.263 e. The number of carbonyl (C=O) groups excluding carboxylic acids is 2. The Hall–Kier alpha value is -1.84. The second-order valence-electron chi connectivity index (χ2n) is 4.45. The average Bonchev–Trinajstić information content (AvgIpc) is 2.83. The van der Waals surface area contributed by atoms with E-state index in [4.69, 9.17) is 4.42 Å². The molecule has 4 heteroatoms. The topological polar surface area (TPSA) is 50.5 Å². The molecule has 0 unspecified atom stereocenters. The maximum atomic E-state index is 12.3. The molecule has 2 heterocycles. The van der Waals surface area contributed by atoms with Crippen molar-refractivity contribution >= 4 is 17.7 Å². The van der Waals surface area contributed by atoms with Crippen LogP contribution in [0, 0.1) is 0 Å². The minimum Gasteiger partial charge on any atom is -0.448 e. The van der Waals surface area contributed by atoms with E-state index in [1.165, 1.54) is 11.2 Å². The predicted molar refractivity (Wildman–Crippen MR) is 61.3 cm³/mol. The lowest BCUT2D eigenvalue weighted by Gasteiger charge is -2.29. The Balaban J connectivity index is 2.01. The summed E-state index contributed by atoms with van der Waals surface area (Å²) in [7, 11) is 0. The lowest BCUT2D eigenvalue weighted by molar-refractivity contribution is -0.125. The molecule has 1 aliphatic carbocycles. The molecule has 0 saturated carbocycles. The molecule has 1 aromatic heterocycles. The Morgan fingerprint density at radius 3 is 2.76 bits per heavy atom. The van der Waals surface area contributed by atoms with Crippen LogP contribution in [0.5, 0.6) is 0 Å². The standard InChI is InChI=1S/C13H13NO3/c15-11-8-9-4-1-2-5-10(9)13(16)14(11)12-6-3-7-17-12/h3,6-7H,1-2,4-5,8H2. The van der Waals surface area contributed by atoms with Crippen molar-refractivity contribution in [1.29, 1.82) is 0 Å². The van der Waals surface area contributed by atoms with Crippen molar-refractivity contribution in [3.63, 3.8) is 0 Å². The highest BCUT2D eigenvalue weighted by Crippen LogP contribution is 2.34. The van der Waals surface area contributed by atoms with E-state index in [2.05, 4.69) is 0 Å². The van der Waals surface area contributed by atoms with E-state index in [1.807, 2.05) is 0 Å². The number of nitrogens with zero attached hydrogens (tertiary/aromatic N) is 1. The number of furan rings is 1. The normalized spacial score (nSPS) is 20.8. The van der Waals surface area contributed by atoms with Crippen LogP contribution in [0.4, 0.5) is 5.88 Å². The summed E-state index contributed by atoms with van der Waals surface area (Å²) in [5, 5.41) is 0. The minimum atomic E-state index is -0.189. The summed E-state index contributed by atoms with van der Waals surface area (Å²) in [6.07, 6.45) is 5.63. The summed E-state index contributed by atoms with van der Waals surface area (Å²) >= 11 is 0. The Kier molecular flexibility index (Phi) is 2.35. The average molecular weight is 231 g/mol. The number of rotatable bonds is 1. The fourth-order valence-corrected chi connectivity index (χ4v) is 2.55. The van der Waals surface area contributed by atoms with Gasteiger partial charge in [0.2, 0.25) is 11.8 Å². The van der Waals surface area contributed by atoms with Gasteiger partial charge >= 0.3 is 0 Å². The summed E-state index contributed by atoms with van der Waals surface area (Å²) in [4.78, 5) is 25.4. The second-order valence-corrected chi connectivity index (χ2v) is 4.45. The fraction of sp³-hybridized carbons (Fsp3) is 0.385.